The highest BCUT2D eigenvalue weighted by molar-refractivity contribution is 5.90. The zero-order valence-corrected chi connectivity index (χ0v) is 8.74. The van der Waals surface area contributed by atoms with Gasteiger partial charge in [-0.1, -0.05) is 0 Å². The third-order valence-electron chi connectivity index (χ3n) is 1.34. The summed E-state index contributed by atoms with van der Waals surface area (Å²) in [4.78, 5) is 24.6. The lowest BCUT2D eigenvalue weighted by Gasteiger charge is -2.06. The van der Waals surface area contributed by atoms with Crippen molar-refractivity contribution < 1.29 is 19.4 Å². The van der Waals surface area contributed by atoms with E-state index in [4.69, 9.17) is 5.11 Å². The average molecular weight is 217 g/mol. The quantitative estimate of drug-likeness (QED) is 0.444. The van der Waals surface area contributed by atoms with Crippen LogP contribution >= 0.6 is 0 Å². The van der Waals surface area contributed by atoms with E-state index in [2.05, 4.69) is 20.4 Å². The number of amides is 1. The lowest BCUT2D eigenvalue weighted by molar-refractivity contribution is -0.136. The molecule has 0 fully saturated rings. The summed E-state index contributed by atoms with van der Waals surface area (Å²) in [6.07, 6.45) is -0.770. The Bertz CT molecular complexity index is 252. The second kappa shape index (κ2) is 7.60. The molecule has 3 N–H and O–H groups in total. The topological polar surface area (TPSA) is 100 Å². The van der Waals surface area contributed by atoms with Crippen molar-refractivity contribution in [3.8, 4) is 0 Å². The van der Waals surface area contributed by atoms with Gasteiger partial charge in [0.05, 0.1) is 13.0 Å². The monoisotopic (exact) mass is 217 g/mol. The molecule has 0 aliphatic carbocycles. The van der Waals surface area contributed by atoms with Gasteiger partial charge in [0, 0.05) is 13.6 Å². The molecular formula is C8H15N3O4. The van der Waals surface area contributed by atoms with Crippen LogP contribution in [0.25, 0.3) is 0 Å². The van der Waals surface area contributed by atoms with Crippen LogP contribution in [0.3, 0.4) is 0 Å². The molecule has 0 bridgehead atoms. The van der Waals surface area contributed by atoms with E-state index >= 15 is 0 Å². The van der Waals surface area contributed by atoms with Gasteiger partial charge in [-0.2, -0.15) is 0 Å². The van der Waals surface area contributed by atoms with Crippen LogP contribution in [0.2, 0.25) is 0 Å². The zero-order valence-electron chi connectivity index (χ0n) is 8.74. The molecule has 7 heteroatoms. The molecule has 0 unspecified atom stereocenters. The molecule has 0 aromatic carbocycles. The minimum atomic E-state index is -0.922. The van der Waals surface area contributed by atoms with Crippen LogP contribution in [-0.4, -0.2) is 43.3 Å². The fourth-order valence-corrected chi connectivity index (χ4v) is 0.719. The maximum atomic E-state index is 10.9. The Labute approximate surface area is 87.5 Å². The van der Waals surface area contributed by atoms with Crippen molar-refractivity contribution in [3.05, 3.63) is 0 Å². The number of rotatable bonds is 4. The summed E-state index contributed by atoms with van der Waals surface area (Å²) < 4.78 is 4.58. The number of nitrogens with one attached hydrogen (secondary N) is 2. The zero-order chi connectivity index (χ0) is 11.7. The van der Waals surface area contributed by atoms with Crippen molar-refractivity contribution in [2.45, 2.75) is 13.3 Å². The molecule has 86 valence electrons. The first-order chi connectivity index (χ1) is 7.10. The van der Waals surface area contributed by atoms with Crippen LogP contribution in [0, 0.1) is 0 Å². The van der Waals surface area contributed by atoms with E-state index in [9.17, 15) is 9.59 Å². The van der Waals surface area contributed by atoms with Crippen molar-refractivity contribution in [2.75, 3.05) is 20.2 Å². The first-order valence-electron chi connectivity index (χ1n) is 4.49. The normalized spacial score (nSPS) is 10.7. The molecule has 0 aromatic heterocycles. The number of carboxylic acids is 1. The maximum absolute atomic E-state index is 10.9. The van der Waals surface area contributed by atoms with E-state index in [1.165, 1.54) is 0 Å². The van der Waals surface area contributed by atoms with E-state index in [0.29, 0.717) is 0 Å². The second-order valence-electron chi connectivity index (χ2n) is 2.48. The van der Waals surface area contributed by atoms with E-state index in [0.717, 1.165) is 0 Å². The number of aliphatic carboxylic acids is 1. The van der Waals surface area contributed by atoms with E-state index in [1.807, 2.05) is 0 Å². The molecule has 1 amide bonds. The van der Waals surface area contributed by atoms with Gasteiger partial charge in [0.25, 0.3) is 0 Å². The number of aliphatic imine (C=N–C) groups is 1. The Kier molecular flexibility index (Phi) is 6.69. The molecule has 0 radical (unpaired) electrons. The van der Waals surface area contributed by atoms with Crippen LogP contribution in [0.5, 0.6) is 0 Å². The van der Waals surface area contributed by atoms with Crippen LogP contribution in [0.1, 0.15) is 13.3 Å². The molecule has 15 heavy (non-hydrogen) atoms. The van der Waals surface area contributed by atoms with Crippen molar-refractivity contribution in [3.63, 3.8) is 0 Å². The van der Waals surface area contributed by atoms with Crippen LogP contribution < -0.4 is 10.6 Å². The van der Waals surface area contributed by atoms with E-state index in [-0.39, 0.29) is 25.5 Å². The van der Waals surface area contributed by atoms with Gasteiger partial charge >= 0.3 is 12.1 Å². The summed E-state index contributed by atoms with van der Waals surface area (Å²) >= 11 is 0. The molecular weight excluding hydrogens is 202 g/mol. The summed E-state index contributed by atoms with van der Waals surface area (Å²) in [5.41, 5.74) is 0. The molecule has 7 nitrogen and oxygen atoms in total. The summed E-state index contributed by atoms with van der Waals surface area (Å²) in [5.74, 6) is -0.733. The highest BCUT2D eigenvalue weighted by Crippen LogP contribution is 1.83. The van der Waals surface area contributed by atoms with Crippen molar-refractivity contribution in [2.24, 2.45) is 4.99 Å². The molecule has 0 saturated carbocycles. The van der Waals surface area contributed by atoms with Gasteiger partial charge in [-0.25, -0.2) is 4.79 Å². The lowest BCUT2D eigenvalue weighted by Crippen LogP contribution is -2.36. The number of carbonyl (C=O) groups excluding carboxylic acids is 1. The summed E-state index contributed by atoms with van der Waals surface area (Å²) in [6.45, 7) is 2.10. The fraction of sp³-hybridized carbons (Fsp3) is 0.625. The Hall–Kier alpha value is -1.79. The number of guanidine groups is 1. The molecule has 0 rings (SSSR count). The van der Waals surface area contributed by atoms with Crippen molar-refractivity contribution >= 4 is 18.0 Å². The largest absolute Gasteiger partial charge is 0.481 e. The van der Waals surface area contributed by atoms with Gasteiger partial charge in [0.15, 0.2) is 0 Å². The number of carbonyl (C=O) groups is 2. The molecule has 0 saturated heterocycles. The van der Waals surface area contributed by atoms with Crippen molar-refractivity contribution in [1.82, 2.24) is 10.6 Å². The number of ether oxygens (including phenoxy) is 1. The Morgan fingerprint density at radius 3 is 2.60 bits per heavy atom. The highest BCUT2D eigenvalue weighted by Gasteiger charge is 2.02. The summed E-state index contributed by atoms with van der Waals surface area (Å²) in [6, 6.07) is 0. The Balaban J connectivity index is 4.00. The van der Waals surface area contributed by atoms with Gasteiger partial charge < -0.3 is 20.5 Å². The van der Waals surface area contributed by atoms with E-state index < -0.39 is 12.1 Å². The molecule has 0 heterocycles. The fourth-order valence-electron chi connectivity index (χ4n) is 0.719. The van der Waals surface area contributed by atoms with Gasteiger partial charge in [-0.3, -0.25) is 4.79 Å². The molecule has 0 aliphatic rings. The summed E-state index contributed by atoms with van der Waals surface area (Å²) in [5, 5.41) is 13.6. The lowest BCUT2D eigenvalue weighted by atomic mass is 10.4. The van der Waals surface area contributed by atoms with Crippen LogP contribution in [0.15, 0.2) is 4.99 Å². The molecule has 0 aliphatic heterocycles. The van der Waals surface area contributed by atoms with Gasteiger partial charge in [-0.15, -0.1) is 4.99 Å². The Morgan fingerprint density at radius 1 is 1.47 bits per heavy atom. The van der Waals surface area contributed by atoms with E-state index in [1.54, 1.807) is 14.0 Å². The summed E-state index contributed by atoms with van der Waals surface area (Å²) in [7, 11) is 1.56. The van der Waals surface area contributed by atoms with Gasteiger partial charge in [0.1, 0.15) is 0 Å². The van der Waals surface area contributed by atoms with Crippen LogP contribution in [-0.2, 0) is 9.53 Å². The minimum absolute atomic E-state index is 0.0521. The Morgan fingerprint density at radius 2 is 2.13 bits per heavy atom. The maximum Gasteiger partial charge on any atom is 0.436 e. The smallest absolute Gasteiger partial charge is 0.436 e. The number of hydrogen-bond donors (Lipinski definition) is 3. The SMILES string of the molecule is CCOC(=O)/N=C(\NC)NCCC(=O)O. The first-order valence-corrected chi connectivity index (χ1v) is 4.49. The predicted molar refractivity (Wildman–Crippen MR) is 53.8 cm³/mol. The number of nitrogens with zero attached hydrogens (tertiary/aromatic N) is 1. The van der Waals surface area contributed by atoms with Crippen molar-refractivity contribution in [1.29, 1.82) is 0 Å². The first kappa shape index (κ1) is 13.2. The van der Waals surface area contributed by atoms with Gasteiger partial charge in [-0.05, 0) is 6.92 Å². The van der Waals surface area contributed by atoms with Gasteiger partial charge in [0.2, 0.25) is 5.96 Å². The minimum Gasteiger partial charge on any atom is -0.481 e. The molecule has 0 atom stereocenters. The number of carboxylic acid groups (broad SMARTS) is 1. The molecule has 0 spiro atoms. The number of hydrogen-bond acceptors (Lipinski definition) is 3. The standard InChI is InChI=1S/C8H15N3O4/c1-3-15-8(14)11-7(9-2)10-5-4-6(12)13/h3-5H2,1-2H3,(H,12,13)(H2,9,10,11,14). The third kappa shape index (κ3) is 7.29. The highest BCUT2D eigenvalue weighted by atomic mass is 16.5. The van der Waals surface area contributed by atoms with Crippen LogP contribution in [0.4, 0.5) is 4.79 Å². The average Bonchev–Trinajstić information content (AvgIpc) is 2.16. The molecule has 0 aromatic rings. The second-order valence-corrected chi connectivity index (χ2v) is 2.48. The third-order valence-corrected chi connectivity index (χ3v) is 1.34. The predicted octanol–water partition coefficient (Wildman–Crippen LogP) is -0.217.